The van der Waals surface area contributed by atoms with Gasteiger partial charge >= 0.3 is 0 Å². The molecule has 0 atom stereocenters. The Bertz CT molecular complexity index is 631. The fourth-order valence-corrected chi connectivity index (χ4v) is 2.00. The molecule has 0 aliphatic carbocycles. The molecule has 0 aliphatic heterocycles. The third-order valence-electron chi connectivity index (χ3n) is 2.99. The van der Waals surface area contributed by atoms with Gasteiger partial charge in [0.15, 0.2) is 0 Å². The Balaban J connectivity index is 2.82. The lowest BCUT2D eigenvalue weighted by Gasteiger charge is -2.18. The summed E-state index contributed by atoms with van der Waals surface area (Å²) in [5.41, 5.74) is 0.249. The Morgan fingerprint density at radius 1 is 1.39 bits per heavy atom. The van der Waals surface area contributed by atoms with Crippen molar-refractivity contribution in [2.24, 2.45) is 0 Å². The highest BCUT2D eigenvalue weighted by Crippen LogP contribution is 2.25. The zero-order valence-corrected chi connectivity index (χ0v) is 13.7. The van der Waals surface area contributed by atoms with Crippen LogP contribution in [0.25, 0.3) is 6.08 Å². The van der Waals surface area contributed by atoms with E-state index in [4.69, 9.17) is 11.6 Å². The topological polar surface area (TPSA) is 92.6 Å². The molecule has 1 aromatic carbocycles. The van der Waals surface area contributed by atoms with Crippen molar-refractivity contribution in [3.8, 4) is 0 Å². The van der Waals surface area contributed by atoms with Crippen molar-refractivity contribution < 1.29 is 14.5 Å². The number of nitro benzene ring substituents is 1. The van der Waals surface area contributed by atoms with Crippen LogP contribution in [-0.2, 0) is 9.59 Å². The highest BCUT2D eigenvalue weighted by atomic mass is 35.5. The summed E-state index contributed by atoms with van der Waals surface area (Å²) in [4.78, 5) is 35.2. The number of rotatable bonds is 7. The van der Waals surface area contributed by atoms with E-state index in [1.807, 2.05) is 0 Å². The average Bonchev–Trinajstić information content (AvgIpc) is 2.51. The van der Waals surface area contributed by atoms with E-state index in [1.165, 1.54) is 29.2 Å². The second-order valence-corrected chi connectivity index (χ2v) is 5.01. The largest absolute Gasteiger partial charge is 0.355 e. The van der Waals surface area contributed by atoms with Gasteiger partial charge in [-0.05, 0) is 31.6 Å². The van der Waals surface area contributed by atoms with Gasteiger partial charge in [0, 0.05) is 25.2 Å². The monoisotopic (exact) mass is 339 g/mol. The minimum atomic E-state index is -0.588. The molecule has 0 aromatic heterocycles. The molecule has 0 aliphatic rings. The Kier molecular flexibility index (Phi) is 7.21. The second kappa shape index (κ2) is 8.89. The second-order valence-electron chi connectivity index (χ2n) is 4.61. The van der Waals surface area contributed by atoms with Crippen molar-refractivity contribution in [2.75, 3.05) is 19.6 Å². The number of benzene rings is 1. The molecule has 0 saturated carbocycles. The molecular formula is C15H18ClN3O4. The van der Waals surface area contributed by atoms with E-state index in [-0.39, 0.29) is 29.1 Å². The van der Waals surface area contributed by atoms with Crippen molar-refractivity contribution in [3.63, 3.8) is 0 Å². The number of hydrogen-bond donors (Lipinski definition) is 1. The Labute approximate surface area is 139 Å². The van der Waals surface area contributed by atoms with Gasteiger partial charge < -0.3 is 10.2 Å². The number of amides is 2. The molecule has 2 amide bonds. The van der Waals surface area contributed by atoms with Crippen LogP contribution in [0.5, 0.6) is 0 Å². The molecule has 1 rings (SSSR count). The van der Waals surface area contributed by atoms with Crippen LogP contribution in [0, 0.1) is 10.1 Å². The molecule has 0 heterocycles. The van der Waals surface area contributed by atoms with Gasteiger partial charge in [0.2, 0.25) is 11.8 Å². The normalized spacial score (nSPS) is 10.6. The third kappa shape index (κ3) is 5.71. The van der Waals surface area contributed by atoms with Crippen molar-refractivity contribution in [1.29, 1.82) is 0 Å². The molecule has 0 radical (unpaired) electrons. The molecule has 0 spiro atoms. The average molecular weight is 340 g/mol. The van der Waals surface area contributed by atoms with E-state index in [9.17, 15) is 19.7 Å². The van der Waals surface area contributed by atoms with Gasteiger partial charge in [-0.1, -0.05) is 17.7 Å². The summed E-state index contributed by atoms with van der Waals surface area (Å²) in [7, 11) is 0. The molecule has 0 saturated heterocycles. The van der Waals surface area contributed by atoms with E-state index < -0.39 is 4.92 Å². The van der Waals surface area contributed by atoms with Crippen molar-refractivity contribution in [2.45, 2.75) is 13.8 Å². The summed E-state index contributed by atoms with van der Waals surface area (Å²) >= 11 is 5.73. The highest BCUT2D eigenvalue weighted by Gasteiger charge is 2.14. The summed E-state index contributed by atoms with van der Waals surface area (Å²) in [6.45, 7) is 4.39. The maximum atomic E-state index is 12.1. The standard InChI is InChI=1S/C15H18ClN3O4/c1-3-17-14(20)10-18(4-2)15(21)8-6-11-5-7-12(16)13(9-11)19(22)23/h5-9H,3-4,10H2,1-2H3,(H,17,20)/b8-6+. The maximum Gasteiger partial charge on any atom is 0.288 e. The molecule has 1 aromatic rings. The van der Waals surface area contributed by atoms with Gasteiger partial charge in [-0.25, -0.2) is 0 Å². The van der Waals surface area contributed by atoms with Crippen LogP contribution in [-0.4, -0.2) is 41.3 Å². The maximum absolute atomic E-state index is 12.1. The number of nitro groups is 1. The molecule has 8 heteroatoms. The number of hydrogen-bond acceptors (Lipinski definition) is 4. The molecule has 0 fully saturated rings. The van der Waals surface area contributed by atoms with Crippen LogP contribution in [0.15, 0.2) is 24.3 Å². The van der Waals surface area contributed by atoms with Crippen LogP contribution < -0.4 is 5.32 Å². The predicted molar refractivity (Wildman–Crippen MR) is 88.1 cm³/mol. The zero-order chi connectivity index (χ0) is 17.4. The van der Waals surface area contributed by atoms with Gasteiger partial charge in [-0.3, -0.25) is 19.7 Å². The molecular weight excluding hydrogens is 322 g/mol. The highest BCUT2D eigenvalue weighted by molar-refractivity contribution is 6.32. The third-order valence-corrected chi connectivity index (χ3v) is 3.31. The summed E-state index contributed by atoms with van der Waals surface area (Å²) in [6.07, 6.45) is 2.72. The van der Waals surface area contributed by atoms with Crippen LogP contribution in [0.3, 0.4) is 0 Å². The Morgan fingerprint density at radius 2 is 2.09 bits per heavy atom. The van der Waals surface area contributed by atoms with Crippen LogP contribution in [0.4, 0.5) is 5.69 Å². The van der Waals surface area contributed by atoms with Crippen LogP contribution >= 0.6 is 11.6 Å². The van der Waals surface area contributed by atoms with Crippen LogP contribution in [0.1, 0.15) is 19.4 Å². The van der Waals surface area contributed by atoms with Crippen LogP contribution in [0.2, 0.25) is 5.02 Å². The fourth-order valence-electron chi connectivity index (χ4n) is 1.82. The number of nitrogens with zero attached hydrogens (tertiary/aromatic N) is 2. The Morgan fingerprint density at radius 3 is 2.65 bits per heavy atom. The van der Waals surface area contributed by atoms with E-state index in [0.29, 0.717) is 18.7 Å². The smallest absolute Gasteiger partial charge is 0.288 e. The van der Waals surface area contributed by atoms with E-state index in [2.05, 4.69) is 5.32 Å². The molecule has 1 N–H and O–H groups in total. The first-order valence-electron chi connectivity index (χ1n) is 7.06. The Hall–Kier alpha value is -2.41. The van der Waals surface area contributed by atoms with E-state index in [0.717, 1.165) is 0 Å². The van der Waals surface area contributed by atoms with E-state index in [1.54, 1.807) is 19.9 Å². The summed E-state index contributed by atoms with van der Waals surface area (Å²) < 4.78 is 0. The van der Waals surface area contributed by atoms with Crippen molar-refractivity contribution >= 4 is 35.2 Å². The first-order chi connectivity index (χ1) is 10.9. The van der Waals surface area contributed by atoms with Gasteiger partial charge in [0.25, 0.3) is 5.69 Å². The molecule has 23 heavy (non-hydrogen) atoms. The van der Waals surface area contributed by atoms with Gasteiger partial charge in [-0.2, -0.15) is 0 Å². The number of carbonyl (C=O) groups excluding carboxylic acids is 2. The molecule has 124 valence electrons. The SMILES string of the molecule is CCNC(=O)CN(CC)C(=O)/C=C/c1ccc(Cl)c([N+](=O)[O-])c1. The van der Waals surface area contributed by atoms with Gasteiger partial charge in [0.05, 0.1) is 11.5 Å². The number of halogens is 1. The minimum Gasteiger partial charge on any atom is -0.355 e. The lowest BCUT2D eigenvalue weighted by atomic mass is 10.2. The lowest BCUT2D eigenvalue weighted by Crippen LogP contribution is -2.39. The molecule has 0 bridgehead atoms. The first-order valence-corrected chi connectivity index (χ1v) is 7.44. The van der Waals surface area contributed by atoms with Crippen molar-refractivity contribution in [1.82, 2.24) is 10.2 Å². The molecule has 7 nitrogen and oxygen atoms in total. The lowest BCUT2D eigenvalue weighted by molar-refractivity contribution is -0.384. The van der Waals surface area contributed by atoms with E-state index >= 15 is 0 Å². The summed E-state index contributed by atoms with van der Waals surface area (Å²) in [6, 6.07) is 4.25. The predicted octanol–water partition coefficient (Wildman–Crippen LogP) is 2.25. The van der Waals surface area contributed by atoms with Gasteiger partial charge in [0.1, 0.15) is 5.02 Å². The molecule has 0 unspecified atom stereocenters. The number of carbonyl (C=O) groups is 2. The fraction of sp³-hybridized carbons (Fsp3) is 0.333. The zero-order valence-electron chi connectivity index (χ0n) is 12.9. The quantitative estimate of drug-likeness (QED) is 0.468. The van der Waals surface area contributed by atoms with Crippen molar-refractivity contribution in [3.05, 3.63) is 45.0 Å². The van der Waals surface area contributed by atoms with Gasteiger partial charge in [-0.15, -0.1) is 0 Å². The number of nitrogens with one attached hydrogen (secondary N) is 1. The summed E-state index contributed by atoms with van der Waals surface area (Å²) in [5.74, 6) is -0.588. The summed E-state index contributed by atoms with van der Waals surface area (Å²) in [5, 5.41) is 13.5. The minimum absolute atomic E-state index is 0.0323. The number of likely N-dealkylation sites (N-methyl/N-ethyl adjacent to an activating group) is 2. The first kappa shape index (κ1) is 18.6.